The summed E-state index contributed by atoms with van der Waals surface area (Å²) in [6.45, 7) is 4.60. The third kappa shape index (κ3) is 4.72. The number of amides is 1. The van der Waals surface area contributed by atoms with E-state index in [-0.39, 0.29) is 24.3 Å². The summed E-state index contributed by atoms with van der Waals surface area (Å²) in [7, 11) is 1.61. The molecule has 0 saturated carbocycles. The highest BCUT2D eigenvalue weighted by Gasteiger charge is 2.15. The zero-order valence-corrected chi connectivity index (χ0v) is 14.3. The van der Waals surface area contributed by atoms with E-state index in [0.717, 1.165) is 17.0 Å². The van der Waals surface area contributed by atoms with Crippen LogP contribution in [0.25, 0.3) is 0 Å². The predicted molar refractivity (Wildman–Crippen MR) is 93.7 cm³/mol. The Balaban J connectivity index is 1.99. The Labute approximate surface area is 142 Å². The van der Waals surface area contributed by atoms with Crippen LogP contribution in [0, 0.1) is 5.82 Å². The van der Waals surface area contributed by atoms with Crippen LogP contribution in [0.15, 0.2) is 48.5 Å². The van der Waals surface area contributed by atoms with Crippen molar-refractivity contribution in [3.05, 3.63) is 59.9 Å². The van der Waals surface area contributed by atoms with E-state index in [4.69, 9.17) is 4.74 Å². The van der Waals surface area contributed by atoms with Gasteiger partial charge in [0.05, 0.1) is 13.7 Å². The highest BCUT2D eigenvalue weighted by atomic mass is 19.1. The first kappa shape index (κ1) is 17.8. The van der Waals surface area contributed by atoms with Crippen molar-refractivity contribution in [2.75, 3.05) is 18.6 Å². The molecular formula is C19H23FN2O2. The summed E-state index contributed by atoms with van der Waals surface area (Å²) in [5, 5.41) is 2.91. The first-order valence-corrected chi connectivity index (χ1v) is 7.92. The number of rotatable bonds is 7. The molecule has 1 amide bonds. The van der Waals surface area contributed by atoms with Crippen LogP contribution in [0.1, 0.15) is 19.4 Å². The van der Waals surface area contributed by atoms with Gasteiger partial charge < -0.3 is 15.0 Å². The van der Waals surface area contributed by atoms with E-state index in [1.807, 2.05) is 43.0 Å². The number of nitrogens with one attached hydrogen (secondary N) is 1. The molecule has 24 heavy (non-hydrogen) atoms. The van der Waals surface area contributed by atoms with Gasteiger partial charge in [0.1, 0.15) is 11.6 Å². The van der Waals surface area contributed by atoms with E-state index < -0.39 is 0 Å². The van der Waals surface area contributed by atoms with Gasteiger partial charge in [-0.15, -0.1) is 0 Å². The first-order valence-electron chi connectivity index (χ1n) is 7.92. The van der Waals surface area contributed by atoms with E-state index in [1.54, 1.807) is 19.2 Å². The Hall–Kier alpha value is -2.56. The van der Waals surface area contributed by atoms with Crippen LogP contribution in [0.4, 0.5) is 10.1 Å². The lowest BCUT2D eigenvalue weighted by Gasteiger charge is -2.28. The van der Waals surface area contributed by atoms with Crippen LogP contribution in [0.5, 0.6) is 5.75 Å². The zero-order chi connectivity index (χ0) is 17.5. The molecule has 0 fully saturated rings. The fourth-order valence-electron chi connectivity index (χ4n) is 2.46. The van der Waals surface area contributed by atoms with Crippen molar-refractivity contribution in [3.63, 3.8) is 0 Å². The minimum atomic E-state index is -0.289. The minimum absolute atomic E-state index is 0.0982. The van der Waals surface area contributed by atoms with Crippen LogP contribution >= 0.6 is 0 Å². The van der Waals surface area contributed by atoms with Crippen molar-refractivity contribution in [3.8, 4) is 5.75 Å². The first-order chi connectivity index (χ1) is 11.5. The predicted octanol–water partition coefficient (Wildman–Crippen LogP) is 3.37. The Bertz CT molecular complexity index is 671. The number of hydrogen-bond donors (Lipinski definition) is 1. The molecule has 0 spiro atoms. The van der Waals surface area contributed by atoms with Gasteiger partial charge in [0, 0.05) is 23.8 Å². The lowest BCUT2D eigenvalue weighted by Crippen LogP contribution is -2.40. The Kier molecular flexibility index (Phi) is 6.18. The number of ether oxygens (including phenoxy) is 1. The maximum atomic E-state index is 13.1. The van der Waals surface area contributed by atoms with Crippen molar-refractivity contribution in [2.45, 2.75) is 26.4 Å². The van der Waals surface area contributed by atoms with E-state index in [9.17, 15) is 9.18 Å². The molecule has 0 bridgehead atoms. The molecule has 0 aromatic heterocycles. The highest BCUT2D eigenvalue weighted by molar-refractivity contribution is 5.81. The van der Waals surface area contributed by atoms with Gasteiger partial charge in [0.25, 0.3) is 0 Å². The van der Waals surface area contributed by atoms with Crippen LogP contribution in [-0.2, 0) is 11.3 Å². The molecule has 0 aliphatic rings. The quantitative estimate of drug-likeness (QED) is 0.846. The number of anilines is 1. The fourth-order valence-corrected chi connectivity index (χ4v) is 2.46. The van der Waals surface area contributed by atoms with E-state index in [1.165, 1.54) is 12.1 Å². The fraction of sp³-hybridized carbons (Fsp3) is 0.316. The number of hydrogen-bond acceptors (Lipinski definition) is 3. The molecule has 0 radical (unpaired) electrons. The minimum Gasteiger partial charge on any atom is -0.496 e. The zero-order valence-electron chi connectivity index (χ0n) is 14.3. The number of benzene rings is 2. The summed E-state index contributed by atoms with van der Waals surface area (Å²) in [5.74, 6) is 0.360. The van der Waals surface area contributed by atoms with E-state index in [0.29, 0.717) is 6.54 Å². The molecule has 2 aromatic carbocycles. The number of carbonyl (C=O) groups is 1. The maximum absolute atomic E-state index is 13.1. The summed E-state index contributed by atoms with van der Waals surface area (Å²) < 4.78 is 18.4. The van der Waals surface area contributed by atoms with Gasteiger partial charge in [-0.3, -0.25) is 4.79 Å². The molecule has 0 unspecified atom stereocenters. The standard InChI is InChI=1S/C19H23FN2O2/c1-14(2)22(17-10-8-16(20)9-11-17)13-19(23)21-12-15-6-4-5-7-18(15)24-3/h4-11,14H,12-13H2,1-3H3,(H,21,23). The lowest BCUT2D eigenvalue weighted by molar-refractivity contribution is -0.120. The molecule has 1 N–H and O–H groups in total. The highest BCUT2D eigenvalue weighted by Crippen LogP contribution is 2.18. The van der Waals surface area contributed by atoms with Crippen molar-refractivity contribution in [1.82, 2.24) is 5.32 Å². The second-order valence-corrected chi connectivity index (χ2v) is 5.79. The van der Waals surface area contributed by atoms with Crippen LogP contribution < -0.4 is 15.0 Å². The number of methoxy groups -OCH3 is 1. The number of para-hydroxylation sites is 1. The molecule has 2 aromatic rings. The molecular weight excluding hydrogens is 307 g/mol. The van der Waals surface area contributed by atoms with E-state index in [2.05, 4.69) is 5.32 Å². The van der Waals surface area contributed by atoms with E-state index >= 15 is 0 Å². The smallest absolute Gasteiger partial charge is 0.239 e. The van der Waals surface area contributed by atoms with Gasteiger partial charge in [-0.25, -0.2) is 4.39 Å². The molecule has 0 aliphatic carbocycles. The topological polar surface area (TPSA) is 41.6 Å². The normalized spacial score (nSPS) is 10.5. The third-order valence-electron chi connectivity index (χ3n) is 3.76. The van der Waals surface area contributed by atoms with Crippen molar-refractivity contribution < 1.29 is 13.9 Å². The number of nitrogens with zero attached hydrogens (tertiary/aromatic N) is 1. The summed E-state index contributed by atoms with van der Waals surface area (Å²) in [4.78, 5) is 14.2. The second kappa shape index (κ2) is 8.34. The molecule has 128 valence electrons. The Morgan fingerprint density at radius 3 is 2.46 bits per heavy atom. The van der Waals surface area contributed by atoms with Crippen LogP contribution in [0.2, 0.25) is 0 Å². The number of carbonyl (C=O) groups excluding carboxylic acids is 1. The van der Waals surface area contributed by atoms with Crippen molar-refractivity contribution in [2.24, 2.45) is 0 Å². The Morgan fingerprint density at radius 1 is 1.17 bits per heavy atom. The molecule has 0 heterocycles. The number of halogens is 1. The van der Waals surface area contributed by atoms with Gasteiger partial charge in [0.2, 0.25) is 5.91 Å². The largest absolute Gasteiger partial charge is 0.496 e. The monoisotopic (exact) mass is 330 g/mol. The molecule has 4 nitrogen and oxygen atoms in total. The van der Waals surface area contributed by atoms with Crippen LogP contribution in [-0.4, -0.2) is 25.6 Å². The molecule has 0 aliphatic heterocycles. The van der Waals surface area contributed by atoms with Crippen molar-refractivity contribution in [1.29, 1.82) is 0 Å². The van der Waals surface area contributed by atoms with Gasteiger partial charge in [0.15, 0.2) is 0 Å². The lowest BCUT2D eigenvalue weighted by atomic mass is 10.2. The molecule has 5 heteroatoms. The third-order valence-corrected chi connectivity index (χ3v) is 3.76. The van der Waals surface area contributed by atoms with Gasteiger partial charge >= 0.3 is 0 Å². The SMILES string of the molecule is COc1ccccc1CNC(=O)CN(c1ccc(F)cc1)C(C)C. The summed E-state index contributed by atoms with van der Waals surface area (Å²) >= 11 is 0. The molecule has 0 saturated heterocycles. The average Bonchev–Trinajstić information content (AvgIpc) is 2.58. The van der Waals surface area contributed by atoms with Crippen LogP contribution in [0.3, 0.4) is 0 Å². The Morgan fingerprint density at radius 2 is 1.83 bits per heavy atom. The molecule has 0 atom stereocenters. The average molecular weight is 330 g/mol. The van der Waals surface area contributed by atoms with Gasteiger partial charge in [-0.2, -0.15) is 0 Å². The summed E-state index contributed by atoms with van der Waals surface area (Å²) in [6.07, 6.45) is 0. The van der Waals surface area contributed by atoms with Gasteiger partial charge in [-0.1, -0.05) is 18.2 Å². The second-order valence-electron chi connectivity index (χ2n) is 5.79. The maximum Gasteiger partial charge on any atom is 0.239 e. The summed E-state index contributed by atoms with van der Waals surface area (Å²) in [6, 6.07) is 13.9. The summed E-state index contributed by atoms with van der Waals surface area (Å²) in [5.41, 5.74) is 1.74. The molecule has 2 rings (SSSR count). The van der Waals surface area contributed by atoms with Gasteiger partial charge in [-0.05, 0) is 44.2 Å². The van der Waals surface area contributed by atoms with Crippen molar-refractivity contribution >= 4 is 11.6 Å².